The Labute approximate surface area is 133 Å². The maximum Gasteiger partial charge on any atom is 0.265 e. The van der Waals surface area contributed by atoms with Gasteiger partial charge in [-0.2, -0.15) is 0 Å². The number of hydrogen-bond acceptors (Lipinski definition) is 4. The van der Waals surface area contributed by atoms with E-state index in [1.54, 1.807) is 0 Å². The molecule has 0 saturated carbocycles. The second-order valence-electron chi connectivity index (χ2n) is 4.92. The van der Waals surface area contributed by atoms with Gasteiger partial charge in [0.25, 0.3) is 5.91 Å². The van der Waals surface area contributed by atoms with Crippen LogP contribution in [0.15, 0.2) is 60.7 Å². The third kappa shape index (κ3) is 3.04. The molecule has 0 bridgehead atoms. The Morgan fingerprint density at radius 3 is 2.36 bits per heavy atom. The molecule has 1 atom stereocenters. The summed E-state index contributed by atoms with van der Waals surface area (Å²) in [4.78, 5) is 13.0. The van der Waals surface area contributed by atoms with Gasteiger partial charge < -0.3 is 5.32 Å². The van der Waals surface area contributed by atoms with Crippen LogP contribution in [-0.4, -0.2) is 15.5 Å². The molecule has 0 saturated heterocycles. The summed E-state index contributed by atoms with van der Waals surface area (Å²) in [6.07, 6.45) is 0. The van der Waals surface area contributed by atoms with Gasteiger partial charge in [-0.05, 0) is 24.0 Å². The van der Waals surface area contributed by atoms with Crippen molar-refractivity contribution in [3.63, 3.8) is 0 Å². The van der Waals surface area contributed by atoms with Crippen LogP contribution in [0.25, 0.3) is 11.3 Å². The number of benzene rings is 2. The molecule has 0 spiro atoms. The lowest BCUT2D eigenvalue weighted by Gasteiger charge is -2.13. The highest BCUT2D eigenvalue weighted by Gasteiger charge is 2.19. The molecule has 3 aromatic rings. The highest BCUT2D eigenvalue weighted by molar-refractivity contribution is 7.08. The Hall–Kier alpha value is -2.53. The zero-order valence-corrected chi connectivity index (χ0v) is 12.9. The van der Waals surface area contributed by atoms with Crippen LogP contribution in [0, 0.1) is 0 Å². The molecule has 22 heavy (non-hydrogen) atoms. The number of hydrogen-bond donors (Lipinski definition) is 1. The quantitative estimate of drug-likeness (QED) is 0.799. The number of carbonyl (C=O) groups excluding carboxylic acids is 1. The molecule has 0 aliphatic rings. The van der Waals surface area contributed by atoms with Crippen molar-refractivity contribution in [3.8, 4) is 11.3 Å². The van der Waals surface area contributed by atoms with E-state index in [9.17, 15) is 4.79 Å². The van der Waals surface area contributed by atoms with Crippen molar-refractivity contribution in [1.29, 1.82) is 0 Å². The Bertz CT molecular complexity index is 756. The second-order valence-corrected chi connectivity index (χ2v) is 5.68. The van der Waals surface area contributed by atoms with Crippen molar-refractivity contribution in [2.24, 2.45) is 0 Å². The number of nitrogens with one attached hydrogen (secondary N) is 1. The summed E-state index contributed by atoms with van der Waals surface area (Å²) in [7, 11) is 0. The molecule has 2 aromatic carbocycles. The van der Waals surface area contributed by atoms with Crippen molar-refractivity contribution in [3.05, 3.63) is 71.1 Å². The summed E-state index contributed by atoms with van der Waals surface area (Å²) in [5.41, 5.74) is 2.59. The summed E-state index contributed by atoms with van der Waals surface area (Å²) in [6, 6.07) is 19.4. The maximum absolute atomic E-state index is 12.5. The first kappa shape index (κ1) is 14.4. The molecular weight excluding hydrogens is 294 g/mol. The van der Waals surface area contributed by atoms with Gasteiger partial charge in [0, 0.05) is 5.56 Å². The van der Waals surface area contributed by atoms with Crippen LogP contribution in [0.1, 0.15) is 28.2 Å². The Kier molecular flexibility index (Phi) is 4.25. The zero-order chi connectivity index (χ0) is 15.4. The molecule has 5 heteroatoms. The van der Waals surface area contributed by atoms with Gasteiger partial charge >= 0.3 is 0 Å². The molecule has 0 unspecified atom stereocenters. The number of carbonyl (C=O) groups is 1. The summed E-state index contributed by atoms with van der Waals surface area (Å²) >= 11 is 1.12. The maximum atomic E-state index is 12.5. The average molecular weight is 309 g/mol. The molecule has 0 fully saturated rings. The van der Waals surface area contributed by atoms with Gasteiger partial charge in [0.1, 0.15) is 10.6 Å². The predicted molar refractivity (Wildman–Crippen MR) is 87.7 cm³/mol. The predicted octanol–water partition coefficient (Wildman–Crippen LogP) is 3.70. The largest absolute Gasteiger partial charge is 0.345 e. The van der Waals surface area contributed by atoms with E-state index in [4.69, 9.17) is 0 Å². The minimum Gasteiger partial charge on any atom is -0.345 e. The highest BCUT2D eigenvalue weighted by atomic mass is 32.1. The van der Waals surface area contributed by atoms with E-state index < -0.39 is 0 Å². The van der Waals surface area contributed by atoms with Gasteiger partial charge in [-0.1, -0.05) is 65.2 Å². The van der Waals surface area contributed by atoms with Gasteiger partial charge in [0.2, 0.25) is 0 Å². The van der Waals surface area contributed by atoms with Crippen molar-refractivity contribution < 1.29 is 4.79 Å². The molecule has 0 aliphatic carbocycles. The first-order chi connectivity index (χ1) is 10.8. The Morgan fingerprint density at radius 2 is 1.68 bits per heavy atom. The fraction of sp³-hybridized carbons (Fsp3) is 0.118. The summed E-state index contributed by atoms with van der Waals surface area (Å²) in [5, 5.41) is 7.10. The SMILES string of the molecule is C[C@@H](NC(=O)c1snnc1-c1ccccc1)c1ccccc1. The van der Waals surface area contributed by atoms with E-state index in [0.717, 1.165) is 22.7 Å². The van der Waals surface area contributed by atoms with E-state index in [-0.39, 0.29) is 11.9 Å². The fourth-order valence-corrected chi connectivity index (χ4v) is 2.80. The monoisotopic (exact) mass is 309 g/mol. The van der Waals surface area contributed by atoms with Crippen molar-refractivity contribution in [2.45, 2.75) is 13.0 Å². The number of rotatable bonds is 4. The molecule has 1 N–H and O–H groups in total. The van der Waals surface area contributed by atoms with Crippen LogP contribution < -0.4 is 5.32 Å². The first-order valence-corrected chi connectivity index (χ1v) is 7.76. The highest BCUT2D eigenvalue weighted by Crippen LogP contribution is 2.24. The number of amides is 1. The minimum absolute atomic E-state index is 0.0700. The zero-order valence-electron chi connectivity index (χ0n) is 12.1. The number of aromatic nitrogens is 2. The van der Waals surface area contributed by atoms with Crippen LogP contribution in [-0.2, 0) is 0 Å². The lowest BCUT2D eigenvalue weighted by Crippen LogP contribution is -2.26. The van der Waals surface area contributed by atoms with Gasteiger partial charge in [-0.25, -0.2) is 0 Å². The molecule has 1 aromatic heterocycles. The minimum atomic E-state index is -0.148. The second kappa shape index (κ2) is 6.49. The molecule has 3 rings (SSSR count). The van der Waals surface area contributed by atoms with Crippen molar-refractivity contribution in [2.75, 3.05) is 0 Å². The molecule has 0 aliphatic heterocycles. The van der Waals surface area contributed by atoms with Crippen LogP contribution in [0.2, 0.25) is 0 Å². The third-order valence-electron chi connectivity index (χ3n) is 3.39. The summed E-state index contributed by atoms with van der Waals surface area (Å²) in [5.74, 6) is -0.148. The van der Waals surface area contributed by atoms with Crippen molar-refractivity contribution in [1.82, 2.24) is 14.9 Å². The average Bonchev–Trinajstić information content (AvgIpc) is 3.06. The summed E-state index contributed by atoms with van der Waals surface area (Å²) < 4.78 is 3.93. The normalized spacial score (nSPS) is 11.9. The fourth-order valence-electron chi connectivity index (χ4n) is 2.21. The van der Waals surface area contributed by atoms with Crippen LogP contribution in [0.4, 0.5) is 0 Å². The number of nitrogens with zero attached hydrogens (tertiary/aromatic N) is 2. The van der Waals surface area contributed by atoms with E-state index in [1.807, 2.05) is 67.6 Å². The van der Waals surface area contributed by atoms with Gasteiger partial charge in [0.15, 0.2) is 0 Å². The van der Waals surface area contributed by atoms with Gasteiger partial charge in [0.05, 0.1) is 6.04 Å². The Balaban J connectivity index is 1.81. The molecular formula is C17H15N3OS. The van der Waals surface area contributed by atoms with E-state index in [1.165, 1.54) is 0 Å². The molecule has 1 amide bonds. The van der Waals surface area contributed by atoms with E-state index in [2.05, 4.69) is 14.9 Å². The molecule has 0 radical (unpaired) electrons. The topological polar surface area (TPSA) is 54.9 Å². The third-order valence-corrected chi connectivity index (χ3v) is 4.11. The van der Waals surface area contributed by atoms with E-state index >= 15 is 0 Å². The Morgan fingerprint density at radius 1 is 1.05 bits per heavy atom. The van der Waals surface area contributed by atoms with Crippen LogP contribution >= 0.6 is 11.5 Å². The molecule has 4 nitrogen and oxygen atoms in total. The van der Waals surface area contributed by atoms with Gasteiger partial charge in [-0.15, -0.1) is 5.10 Å². The van der Waals surface area contributed by atoms with Crippen molar-refractivity contribution >= 4 is 17.4 Å². The molecule has 1 heterocycles. The van der Waals surface area contributed by atoms with Gasteiger partial charge in [-0.3, -0.25) is 4.79 Å². The lowest BCUT2D eigenvalue weighted by atomic mass is 10.1. The molecule has 110 valence electrons. The summed E-state index contributed by atoms with van der Waals surface area (Å²) in [6.45, 7) is 1.96. The van der Waals surface area contributed by atoms with E-state index in [0.29, 0.717) is 10.6 Å². The standard InChI is InChI=1S/C17H15N3OS/c1-12(13-8-4-2-5-9-13)18-17(21)16-15(19-20-22-16)14-10-6-3-7-11-14/h2-12H,1H3,(H,18,21)/t12-/m1/s1. The van der Waals surface area contributed by atoms with Crippen LogP contribution in [0.5, 0.6) is 0 Å². The lowest BCUT2D eigenvalue weighted by molar-refractivity contribution is 0.0944. The first-order valence-electron chi connectivity index (χ1n) is 6.99. The van der Waals surface area contributed by atoms with Crippen LogP contribution in [0.3, 0.4) is 0 Å². The smallest absolute Gasteiger partial charge is 0.265 e.